The Bertz CT molecular complexity index is 383. The van der Waals surface area contributed by atoms with Crippen molar-refractivity contribution in [1.29, 1.82) is 0 Å². The van der Waals surface area contributed by atoms with Crippen LogP contribution in [0.3, 0.4) is 0 Å². The van der Waals surface area contributed by atoms with Crippen LogP contribution >= 0.6 is 11.3 Å². The van der Waals surface area contributed by atoms with Crippen LogP contribution in [-0.4, -0.2) is 33.7 Å². The van der Waals surface area contributed by atoms with Crippen molar-refractivity contribution in [3.8, 4) is 0 Å². The van der Waals surface area contributed by atoms with E-state index in [4.69, 9.17) is 0 Å². The van der Waals surface area contributed by atoms with Crippen LogP contribution in [0.25, 0.3) is 0 Å². The molecule has 3 nitrogen and oxygen atoms in total. The zero-order valence-electron chi connectivity index (χ0n) is 12.3. The van der Waals surface area contributed by atoms with Crippen molar-refractivity contribution >= 4 is 11.3 Å². The van der Waals surface area contributed by atoms with Gasteiger partial charge >= 0.3 is 0 Å². The number of rotatable bonds is 6. The summed E-state index contributed by atoms with van der Waals surface area (Å²) >= 11 is 1.87. The van der Waals surface area contributed by atoms with Crippen LogP contribution in [0, 0.1) is 0 Å². The lowest BCUT2D eigenvalue weighted by atomic mass is 10.1. The minimum Gasteiger partial charge on any atom is -0.392 e. The van der Waals surface area contributed by atoms with E-state index in [0.717, 1.165) is 13.1 Å². The second-order valence-corrected chi connectivity index (χ2v) is 7.17. The number of hydrogen-bond donors (Lipinski definition) is 1. The average Bonchev–Trinajstić information content (AvgIpc) is 2.97. The highest BCUT2D eigenvalue weighted by atomic mass is 32.1. The molecule has 0 aliphatic heterocycles. The molecule has 1 N–H and O–H groups in total. The van der Waals surface area contributed by atoms with Crippen molar-refractivity contribution < 1.29 is 5.11 Å². The van der Waals surface area contributed by atoms with Gasteiger partial charge < -0.3 is 5.11 Å². The highest BCUT2D eigenvalue weighted by Crippen LogP contribution is 2.36. The van der Waals surface area contributed by atoms with Gasteiger partial charge in [-0.3, -0.25) is 4.90 Å². The zero-order chi connectivity index (χ0) is 13.8. The summed E-state index contributed by atoms with van der Waals surface area (Å²) in [6.07, 6.45) is 7.11. The second-order valence-electron chi connectivity index (χ2n) is 6.02. The van der Waals surface area contributed by atoms with Crippen LogP contribution in [0.1, 0.15) is 62.3 Å². The molecule has 1 saturated carbocycles. The summed E-state index contributed by atoms with van der Waals surface area (Å²) in [5, 5.41) is 10.9. The van der Waals surface area contributed by atoms with Crippen LogP contribution in [0.5, 0.6) is 0 Å². The molecule has 1 atom stereocenters. The predicted octanol–water partition coefficient (Wildman–Crippen LogP) is 3.39. The van der Waals surface area contributed by atoms with E-state index < -0.39 is 0 Å². The summed E-state index contributed by atoms with van der Waals surface area (Å²) in [4.78, 5) is 8.27. The number of aliphatic hydroxyl groups excluding tert-OH is 1. The third-order valence-electron chi connectivity index (χ3n) is 3.86. The van der Waals surface area contributed by atoms with Crippen LogP contribution in [-0.2, 0) is 6.54 Å². The monoisotopic (exact) mass is 282 g/mol. The maximum Gasteiger partial charge on any atom is 0.0959 e. The highest BCUT2D eigenvalue weighted by Gasteiger charge is 2.21. The first-order valence-electron chi connectivity index (χ1n) is 7.43. The first kappa shape index (κ1) is 14.9. The first-order chi connectivity index (χ1) is 9.06. The number of hydrogen-bond acceptors (Lipinski definition) is 4. The second kappa shape index (κ2) is 6.82. The van der Waals surface area contributed by atoms with E-state index in [9.17, 15) is 5.11 Å². The minimum absolute atomic E-state index is 0.273. The number of aromatic nitrogens is 1. The molecule has 2 rings (SSSR count). The quantitative estimate of drug-likeness (QED) is 0.869. The van der Waals surface area contributed by atoms with E-state index >= 15 is 0 Å². The molecule has 0 amide bonds. The molecule has 0 bridgehead atoms. The van der Waals surface area contributed by atoms with Crippen molar-refractivity contribution in [2.75, 3.05) is 6.54 Å². The van der Waals surface area contributed by atoms with Gasteiger partial charge in [-0.15, -0.1) is 11.3 Å². The van der Waals surface area contributed by atoms with Gasteiger partial charge in [-0.05, 0) is 33.6 Å². The number of aliphatic hydroxyl groups is 1. The Kier molecular flexibility index (Phi) is 5.37. The standard InChI is InChI=1S/C15H26N2OS/c1-11(2)17(9-12(3)18)10-14-8-16-15(19-14)13-6-4-5-7-13/h8,11-13,18H,4-7,9-10H2,1-3H3. The molecule has 108 valence electrons. The number of nitrogens with zero attached hydrogens (tertiary/aromatic N) is 2. The predicted molar refractivity (Wildman–Crippen MR) is 80.5 cm³/mol. The maximum atomic E-state index is 9.57. The summed E-state index contributed by atoms with van der Waals surface area (Å²) in [6.45, 7) is 7.86. The van der Waals surface area contributed by atoms with E-state index in [0.29, 0.717) is 12.0 Å². The van der Waals surface area contributed by atoms with E-state index in [1.807, 2.05) is 24.5 Å². The SMILES string of the molecule is CC(O)CN(Cc1cnc(C2CCCC2)s1)C(C)C. The molecular weight excluding hydrogens is 256 g/mol. The van der Waals surface area contributed by atoms with Crippen molar-refractivity contribution in [3.63, 3.8) is 0 Å². The van der Waals surface area contributed by atoms with Gasteiger partial charge in [0.25, 0.3) is 0 Å². The van der Waals surface area contributed by atoms with Gasteiger partial charge in [0.05, 0.1) is 11.1 Å². The normalized spacial score (nSPS) is 18.6. The molecule has 0 saturated heterocycles. The zero-order valence-corrected chi connectivity index (χ0v) is 13.1. The summed E-state index contributed by atoms with van der Waals surface area (Å²) in [7, 11) is 0. The van der Waals surface area contributed by atoms with Gasteiger partial charge in [0.2, 0.25) is 0 Å². The maximum absolute atomic E-state index is 9.57. The first-order valence-corrected chi connectivity index (χ1v) is 8.24. The summed E-state index contributed by atoms with van der Waals surface area (Å²) in [5.41, 5.74) is 0. The van der Waals surface area contributed by atoms with E-state index in [2.05, 4.69) is 23.7 Å². The van der Waals surface area contributed by atoms with Crippen LogP contribution in [0.15, 0.2) is 6.20 Å². The van der Waals surface area contributed by atoms with Gasteiger partial charge in [0.15, 0.2) is 0 Å². The van der Waals surface area contributed by atoms with Crippen LogP contribution in [0.4, 0.5) is 0 Å². The van der Waals surface area contributed by atoms with Crippen molar-refractivity contribution in [1.82, 2.24) is 9.88 Å². The van der Waals surface area contributed by atoms with E-state index in [-0.39, 0.29) is 6.10 Å². The fourth-order valence-electron chi connectivity index (χ4n) is 2.75. The van der Waals surface area contributed by atoms with Crippen LogP contribution in [0.2, 0.25) is 0 Å². The van der Waals surface area contributed by atoms with Crippen molar-refractivity contribution in [3.05, 3.63) is 16.1 Å². The van der Waals surface area contributed by atoms with Gasteiger partial charge in [-0.25, -0.2) is 4.98 Å². The molecule has 4 heteroatoms. The number of thiazole rings is 1. The molecular formula is C15H26N2OS. The molecule has 19 heavy (non-hydrogen) atoms. The Morgan fingerprint density at radius 2 is 2.05 bits per heavy atom. The fraction of sp³-hybridized carbons (Fsp3) is 0.800. The van der Waals surface area contributed by atoms with Crippen LogP contribution < -0.4 is 0 Å². The Hall–Kier alpha value is -0.450. The molecule has 0 aromatic carbocycles. The molecule has 1 unspecified atom stereocenters. The van der Waals surface area contributed by atoms with E-state index in [1.165, 1.54) is 35.6 Å². The highest BCUT2D eigenvalue weighted by molar-refractivity contribution is 7.11. The smallest absolute Gasteiger partial charge is 0.0959 e. The summed E-state index contributed by atoms with van der Waals surface area (Å²) in [6, 6.07) is 0.451. The molecule has 1 aromatic heterocycles. The topological polar surface area (TPSA) is 36.4 Å². The third kappa shape index (κ3) is 4.26. The van der Waals surface area contributed by atoms with E-state index in [1.54, 1.807) is 0 Å². The third-order valence-corrected chi connectivity index (χ3v) is 5.01. The average molecular weight is 282 g/mol. The van der Waals surface area contributed by atoms with Crippen molar-refractivity contribution in [2.24, 2.45) is 0 Å². The summed E-state index contributed by atoms with van der Waals surface area (Å²) in [5.74, 6) is 0.711. The molecule has 1 aliphatic rings. The van der Waals surface area contributed by atoms with Gasteiger partial charge in [-0.1, -0.05) is 12.8 Å². The lowest BCUT2D eigenvalue weighted by molar-refractivity contribution is 0.103. The van der Waals surface area contributed by atoms with Gasteiger partial charge in [-0.2, -0.15) is 0 Å². The summed E-state index contributed by atoms with van der Waals surface area (Å²) < 4.78 is 0. The van der Waals surface area contributed by atoms with Gasteiger partial charge in [0, 0.05) is 36.1 Å². The Labute approximate surface area is 120 Å². The molecule has 0 radical (unpaired) electrons. The van der Waals surface area contributed by atoms with Gasteiger partial charge in [0.1, 0.15) is 0 Å². The lowest BCUT2D eigenvalue weighted by Crippen LogP contribution is -2.35. The molecule has 1 aliphatic carbocycles. The Balaban J connectivity index is 1.97. The Morgan fingerprint density at radius 1 is 1.37 bits per heavy atom. The lowest BCUT2D eigenvalue weighted by Gasteiger charge is -2.26. The molecule has 1 aromatic rings. The molecule has 0 spiro atoms. The largest absolute Gasteiger partial charge is 0.392 e. The fourth-order valence-corrected chi connectivity index (χ4v) is 3.87. The molecule has 1 fully saturated rings. The van der Waals surface area contributed by atoms with Crippen molar-refractivity contribution in [2.45, 2.75) is 71.1 Å². The Morgan fingerprint density at radius 3 is 2.63 bits per heavy atom. The minimum atomic E-state index is -0.273. The molecule has 1 heterocycles.